The SMILES string of the molecule is CCS[C@@H]1CCC[C@@H](NC(=O)Nc2ccc3c(c2)oc(=O)n3C)C1. The zero-order chi connectivity index (χ0) is 17.1. The molecule has 0 unspecified atom stereocenters. The first kappa shape index (κ1) is 17.0. The van der Waals surface area contributed by atoms with Crippen LogP contribution in [-0.2, 0) is 7.05 Å². The van der Waals surface area contributed by atoms with Crippen LogP contribution >= 0.6 is 11.8 Å². The maximum atomic E-state index is 12.2. The highest BCUT2D eigenvalue weighted by Crippen LogP contribution is 2.28. The van der Waals surface area contributed by atoms with Gasteiger partial charge >= 0.3 is 11.8 Å². The number of aromatic nitrogens is 1. The zero-order valence-electron chi connectivity index (χ0n) is 14.0. The molecule has 2 N–H and O–H groups in total. The minimum absolute atomic E-state index is 0.209. The molecule has 1 aliphatic rings. The van der Waals surface area contributed by atoms with E-state index in [-0.39, 0.29) is 12.1 Å². The van der Waals surface area contributed by atoms with E-state index in [4.69, 9.17) is 4.42 Å². The number of hydrogen-bond donors (Lipinski definition) is 2. The van der Waals surface area contributed by atoms with Gasteiger partial charge < -0.3 is 15.1 Å². The Hall–Kier alpha value is -1.89. The Kier molecular flexibility index (Phi) is 5.18. The van der Waals surface area contributed by atoms with E-state index in [9.17, 15) is 9.59 Å². The minimum Gasteiger partial charge on any atom is -0.408 e. The standard InChI is InChI=1S/C17H23N3O3S/c1-3-24-13-6-4-5-11(9-13)18-16(21)19-12-7-8-14-15(10-12)23-17(22)20(14)2/h7-8,10-11,13H,3-6,9H2,1-2H3,(H2,18,19,21)/t11-,13-/m1/s1. The first-order valence-electron chi connectivity index (χ1n) is 8.35. The summed E-state index contributed by atoms with van der Waals surface area (Å²) < 4.78 is 6.58. The lowest BCUT2D eigenvalue weighted by Crippen LogP contribution is -2.41. The highest BCUT2D eigenvalue weighted by molar-refractivity contribution is 7.99. The number of fused-ring (bicyclic) bond motifs is 1. The number of benzene rings is 1. The van der Waals surface area contributed by atoms with Crippen LogP contribution in [0.1, 0.15) is 32.6 Å². The van der Waals surface area contributed by atoms with Gasteiger partial charge in [0.2, 0.25) is 0 Å². The first-order chi connectivity index (χ1) is 11.6. The summed E-state index contributed by atoms with van der Waals surface area (Å²) in [6, 6.07) is 5.23. The first-order valence-corrected chi connectivity index (χ1v) is 9.40. The van der Waals surface area contributed by atoms with Crippen LogP contribution in [0.2, 0.25) is 0 Å². The lowest BCUT2D eigenvalue weighted by atomic mass is 9.95. The summed E-state index contributed by atoms with van der Waals surface area (Å²) in [5.41, 5.74) is 1.79. The third-order valence-electron chi connectivity index (χ3n) is 4.41. The van der Waals surface area contributed by atoms with E-state index in [0.29, 0.717) is 22.0 Å². The zero-order valence-corrected chi connectivity index (χ0v) is 14.8. The number of carbonyl (C=O) groups is 1. The number of aryl methyl sites for hydroxylation is 1. The number of nitrogens with zero attached hydrogens (tertiary/aromatic N) is 1. The molecule has 1 aromatic carbocycles. The number of amides is 2. The largest absolute Gasteiger partial charge is 0.419 e. The van der Waals surface area contributed by atoms with E-state index >= 15 is 0 Å². The predicted octanol–water partition coefficient (Wildman–Crippen LogP) is 3.32. The van der Waals surface area contributed by atoms with Crippen molar-refractivity contribution in [3.8, 4) is 0 Å². The number of anilines is 1. The molecule has 24 heavy (non-hydrogen) atoms. The molecule has 2 aromatic rings. The molecule has 0 saturated heterocycles. The molecule has 3 rings (SSSR count). The van der Waals surface area contributed by atoms with Gasteiger partial charge in [-0.2, -0.15) is 11.8 Å². The molecule has 2 atom stereocenters. The second-order valence-corrected chi connectivity index (χ2v) is 7.73. The number of urea groups is 1. The normalized spacial score (nSPS) is 20.9. The molecule has 1 heterocycles. The van der Waals surface area contributed by atoms with Crippen LogP contribution in [0, 0.1) is 0 Å². The average Bonchev–Trinajstić information content (AvgIpc) is 2.82. The van der Waals surface area contributed by atoms with Crippen molar-refractivity contribution >= 4 is 34.6 Å². The van der Waals surface area contributed by atoms with Crippen molar-refractivity contribution in [2.45, 2.75) is 43.9 Å². The van der Waals surface area contributed by atoms with Gasteiger partial charge in [0.25, 0.3) is 0 Å². The van der Waals surface area contributed by atoms with Crippen LogP contribution in [0.4, 0.5) is 10.5 Å². The van der Waals surface area contributed by atoms with Gasteiger partial charge in [0.1, 0.15) is 0 Å². The third-order valence-corrected chi connectivity index (χ3v) is 5.65. The highest BCUT2D eigenvalue weighted by atomic mass is 32.2. The van der Waals surface area contributed by atoms with Crippen molar-refractivity contribution in [2.24, 2.45) is 7.05 Å². The molecule has 130 valence electrons. The van der Waals surface area contributed by atoms with Crippen LogP contribution in [0.3, 0.4) is 0 Å². The van der Waals surface area contributed by atoms with E-state index in [0.717, 1.165) is 25.0 Å². The van der Waals surface area contributed by atoms with Gasteiger partial charge in [0.15, 0.2) is 5.58 Å². The van der Waals surface area contributed by atoms with Gasteiger partial charge in [0, 0.05) is 30.1 Å². The summed E-state index contributed by atoms with van der Waals surface area (Å²) >= 11 is 1.98. The fourth-order valence-electron chi connectivity index (χ4n) is 3.23. The van der Waals surface area contributed by atoms with Crippen molar-refractivity contribution in [3.05, 3.63) is 28.7 Å². The predicted molar refractivity (Wildman–Crippen MR) is 97.8 cm³/mol. The average molecular weight is 349 g/mol. The van der Waals surface area contributed by atoms with Crippen molar-refractivity contribution in [1.29, 1.82) is 0 Å². The highest BCUT2D eigenvalue weighted by Gasteiger charge is 2.23. The number of hydrogen-bond acceptors (Lipinski definition) is 4. The summed E-state index contributed by atoms with van der Waals surface area (Å²) in [6.45, 7) is 2.17. The van der Waals surface area contributed by atoms with Crippen molar-refractivity contribution in [2.75, 3.05) is 11.1 Å². The summed E-state index contributed by atoms with van der Waals surface area (Å²) in [5.74, 6) is 0.708. The Balaban J connectivity index is 1.61. The Morgan fingerprint density at radius 3 is 3.04 bits per heavy atom. The number of rotatable bonds is 4. The van der Waals surface area contributed by atoms with Crippen LogP contribution in [-0.4, -0.2) is 27.6 Å². The van der Waals surface area contributed by atoms with Crippen molar-refractivity contribution in [1.82, 2.24) is 9.88 Å². The molecule has 6 nitrogen and oxygen atoms in total. The molecule has 1 aromatic heterocycles. The molecule has 1 aliphatic carbocycles. The number of oxazole rings is 1. The van der Waals surface area contributed by atoms with Crippen molar-refractivity contribution < 1.29 is 9.21 Å². The Bertz CT molecular complexity index is 781. The van der Waals surface area contributed by atoms with Gasteiger partial charge in [-0.05, 0) is 37.1 Å². The quantitative estimate of drug-likeness (QED) is 0.888. The Morgan fingerprint density at radius 2 is 2.25 bits per heavy atom. The lowest BCUT2D eigenvalue weighted by molar-refractivity contribution is 0.244. The molecule has 1 saturated carbocycles. The van der Waals surface area contributed by atoms with Crippen LogP contribution in [0.15, 0.2) is 27.4 Å². The molecule has 1 fully saturated rings. The van der Waals surface area contributed by atoms with E-state index in [1.807, 2.05) is 11.8 Å². The number of thioether (sulfide) groups is 1. The molecule has 2 amide bonds. The van der Waals surface area contributed by atoms with E-state index in [1.54, 1.807) is 25.2 Å². The molecular weight excluding hydrogens is 326 g/mol. The molecule has 0 radical (unpaired) electrons. The van der Waals surface area contributed by atoms with Gasteiger partial charge in [-0.1, -0.05) is 13.3 Å². The fraction of sp³-hybridized carbons (Fsp3) is 0.529. The second-order valence-electron chi connectivity index (χ2n) is 6.15. The third kappa shape index (κ3) is 3.77. The molecular formula is C17H23N3O3S. The Morgan fingerprint density at radius 1 is 1.42 bits per heavy atom. The summed E-state index contributed by atoms with van der Waals surface area (Å²) in [4.78, 5) is 23.7. The van der Waals surface area contributed by atoms with Gasteiger partial charge in [-0.15, -0.1) is 0 Å². The van der Waals surface area contributed by atoms with E-state index in [1.165, 1.54) is 11.0 Å². The van der Waals surface area contributed by atoms with E-state index in [2.05, 4.69) is 17.6 Å². The molecule has 0 spiro atoms. The lowest BCUT2D eigenvalue weighted by Gasteiger charge is -2.29. The molecule has 0 bridgehead atoms. The smallest absolute Gasteiger partial charge is 0.408 e. The number of carbonyl (C=O) groups excluding carboxylic acids is 1. The maximum absolute atomic E-state index is 12.2. The maximum Gasteiger partial charge on any atom is 0.419 e. The van der Waals surface area contributed by atoms with Crippen LogP contribution in [0.5, 0.6) is 0 Å². The second kappa shape index (κ2) is 7.34. The molecule has 7 heteroatoms. The topological polar surface area (TPSA) is 76.3 Å². The van der Waals surface area contributed by atoms with Crippen molar-refractivity contribution in [3.63, 3.8) is 0 Å². The van der Waals surface area contributed by atoms with Gasteiger partial charge in [-0.3, -0.25) is 4.57 Å². The summed E-state index contributed by atoms with van der Waals surface area (Å²) in [7, 11) is 1.65. The summed E-state index contributed by atoms with van der Waals surface area (Å²) in [5, 5.41) is 6.53. The van der Waals surface area contributed by atoms with Gasteiger partial charge in [-0.25, -0.2) is 9.59 Å². The van der Waals surface area contributed by atoms with Crippen LogP contribution < -0.4 is 16.4 Å². The van der Waals surface area contributed by atoms with E-state index < -0.39 is 5.76 Å². The monoisotopic (exact) mass is 349 g/mol. The fourth-order valence-corrected chi connectivity index (χ4v) is 4.40. The Labute approximate surface area is 145 Å². The molecule has 0 aliphatic heterocycles. The summed E-state index contributed by atoms with van der Waals surface area (Å²) in [6.07, 6.45) is 4.45. The number of nitrogens with one attached hydrogen (secondary N) is 2. The minimum atomic E-state index is -0.409. The van der Waals surface area contributed by atoms with Crippen LogP contribution in [0.25, 0.3) is 11.1 Å². The van der Waals surface area contributed by atoms with Gasteiger partial charge in [0.05, 0.1) is 5.52 Å².